The van der Waals surface area contributed by atoms with Crippen LogP contribution >= 0.6 is 11.6 Å². The van der Waals surface area contributed by atoms with Crippen molar-refractivity contribution in [3.8, 4) is 0 Å². The lowest BCUT2D eigenvalue weighted by Gasteiger charge is -2.32. The summed E-state index contributed by atoms with van der Waals surface area (Å²) in [6.07, 6.45) is 4.45. The van der Waals surface area contributed by atoms with Gasteiger partial charge in [-0.1, -0.05) is 61.7 Å². The molecule has 2 amide bonds. The normalized spacial score (nSPS) is 15.0. The first kappa shape index (κ1) is 23.3. The molecule has 1 saturated carbocycles. The van der Waals surface area contributed by atoms with E-state index in [1.54, 1.807) is 11.0 Å². The molecule has 0 spiro atoms. The molecule has 0 aromatic heterocycles. The Kier molecular flexibility index (Phi) is 8.08. The van der Waals surface area contributed by atoms with Gasteiger partial charge in [0, 0.05) is 23.2 Å². The van der Waals surface area contributed by atoms with Gasteiger partial charge in [-0.2, -0.15) is 0 Å². The monoisotopic (exact) mass is 444 g/mol. The Morgan fingerprint density at radius 2 is 1.87 bits per heavy atom. The number of carbonyl (C=O) groups is 2. The molecule has 2 aromatic carbocycles. The van der Waals surface area contributed by atoms with Gasteiger partial charge >= 0.3 is 0 Å². The first-order chi connectivity index (χ1) is 14.9. The third-order valence-corrected chi connectivity index (χ3v) is 6.43. The van der Waals surface area contributed by atoms with Crippen LogP contribution in [0.4, 0.5) is 4.39 Å². The quantitative estimate of drug-likeness (QED) is 0.608. The average molecular weight is 445 g/mol. The predicted octanol–water partition coefficient (Wildman–Crippen LogP) is 5.20. The SMILES string of the molecule is CCC(C(=O)NC1CCCC1)N(Cc1ccccc1C)C(=O)Cc1c(F)cccc1Cl. The number of benzene rings is 2. The Labute approximate surface area is 188 Å². The van der Waals surface area contributed by atoms with E-state index in [4.69, 9.17) is 11.6 Å². The summed E-state index contributed by atoms with van der Waals surface area (Å²) in [5.74, 6) is -0.972. The van der Waals surface area contributed by atoms with Crippen LogP contribution in [0.5, 0.6) is 0 Å². The molecule has 3 rings (SSSR count). The highest BCUT2D eigenvalue weighted by Crippen LogP contribution is 2.23. The van der Waals surface area contributed by atoms with Crippen LogP contribution in [0.25, 0.3) is 0 Å². The van der Waals surface area contributed by atoms with E-state index in [-0.39, 0.29) is 41.4 Å². The molecule has 4 nitrogen and oxygen atoms in total. The van der Waals surface area contributed by atoms with Crippen LogP contribution in [-0.4, -0.2) is 28.8 Å². The molecule has 6 heteroatoms. The molecule has 1 N–H and O–H groups in total. The third-order valence-electron chi connectivity index (χ3n) is 6.08. The zero-order valence-electron chi connectivity index (χ0n) is 18.2. The summed E-state index contributed by atoms with van der Waals surface area (Å²) in [6, 6.07) is 11.7. The minimum atomic E-state index is -0.627. The Balaban J connectivity index is 1.87. The van der Waals surface area contributed by atoms with E-state index >= 15 is 0 Å². The van der Waals surface area contributed by atoms with Gasteiger partial charge in [-0.15, -0.1) is 0 Å². The van der Waals surface area contributed by atoms with Gasteiger partial charge in [0.2, 0.25) is 11.8 Å². The average Bonchev–Trinajstić information content (AvgIpc) is 3.25. The van der Waals surface area contributed by atoms with Crippen molar-refractivity contribution in [2.75, 3.05) is 0 Å². The molecular weight excluding hydrogens is 415 g/mol. The van der Waals surface area contributed by atoms with E-state index in [1.165, 1.54) is 12.1 Å². The lowest BCUT2D eigenvalue weighted by molar-refractivity contribution is -0.141. The van der Waals surface area contributed by atoms with Crippen molar-refractivity contribution in [3.63, 3.8) is 0 Å². The Morgan fingerprint density at radius 1 is 1.16 bits per heavy atom. The van der Waals surface area contributed by atoms with Crippen LogP contribution in [-0.2, 0) is 22.6 Å². The Morgan fingerprint density at radius 3 is 2.52 bits per heavy atom. The summed E-state index contributed by atoms with van der Waals surface area (Å²) in [5, 5.41) is 3.33. The lowest BCUT2D eigenvalue weighted by atomic mass is 10.0. The van der Waals surface area contributed by atoms with E-state index in [1.807, 2.05) is 38.1 Å². The molecule has 0 radical (unpaired) electrons. The van der Waals surface area contributed by atoms with Crippen LogP contribution in [0.2, 0.25) is 5.02 Å². The van der Waals surface area contributed by atoms with Gasteiger partial charge in [-0.25, -0.2) is 4.39 Å². The van der Waals surface area contributed by atoms with E-state index in [0.717, 1.165) is 36.8 Å². The number of nitrogens with zero attached hydrogens (tertiary/aromatic N) is 1. The number of halogens is 2. The van der Waals surface area contributed by atoms with E-state index in [0.29, 0.717) is 6.42 Å². The second-order valence-corrected chi connectivity index (χ2v) is 8.65. The summed E-state index contributed by atoms with van der Waals surface area (Å²) < 4.78 is 14.3. The molecule has 0 saturated heterocycles. The zero-order valence-corrected chi connectivity index (χ0v) is 18.9. The smallest absolute Gasteiger partial charge is 0.243 e. The minimum Gasteiger partial charge on any atom is -0.352 e. The molecule has 0 bridgehead atoms. The van der Waals surface area contributed by atoms with Crippen LogP contribution in [0, 0.1) is 12.7 Å². The maximum atomic E-state index is 14.3. The Bertz CT molecular complexity index is 907. The fourth-order valence-corrected chi connectivity index (χ4v) is 4.44. The van der Waals surface area contributed by atoms with E-state index in [2.05, 4.69) is 5.32 Å². The molecule has 1 aliphatic carbocycles. The van der Waals surface area contributed by atoms with Crippen molar-refractivity contribution in [3.05, 3.63) is 70.0 Å². The first-order valence-electron chi connectivity index (χ1n) is 11.0. The summed E-state index contributed by atoms with van der Waals surface area (Å²) in [5.41, 5.74) is 2.16. The van der Waals surface area contributed by atoms with Gasteiger partial charge in [0.25, 0.3) is 0 Å². The van der Waals surface area contributed by atoms with Crippen LogP contribution in [0.15, 0.2) is 42.5 Å². The largest absolute Gasteiger partial charge is 0.352 e. The van der Waals surface area contributed by atoms with Crippen molar-refractivity contribution >= 4 is 23.4 Å². The van der Waals surface area contributed by atoms with Crippen LogP contribution < -0.4 is 5.32 Å². The molecule has 31 heavy (non-hydrogen) atoms. The molecule has 1 atom stereocenters. The maximum absolute atomic E-state index is 14.3. The highest BCUT2D eigenvalue weighted by atomic mass is 35.5. The first-order valence-corrected chi connectivity index (χ1v) is 11.4. The van der Waals surface area contributed by atoms with Crippen LogP contribution in [0.1, 0.15) is 55.7 Å². The number of hydrogen-bond acceptors (Lipinski definition) is 2. The number of nitrogens with one attached hydrogen (secondary N) is 1. The topological polar surface area (TPSA) is 49.4 Å². The second-order valence-electron chi connectivity index (χ2n) is 8.24. The number of aryl methyl sites for hydroxylation is 1. The Hall–Kier alpha value is -2.40. The van der Waals surface area contributed by atoms with Crippen molar-refractivity contribution in [1.82, 2.24) is 10.2 Å². The fourth-order valence-electron chi connectivity index (χ4n) is 4.21. The molecule has 1 unspecified atom stereocenters. The summed E-state index contributed by atoms with van der Waals surface area (Å²) in [4.78, 5) is 28.1. The zero-order chi connectivity index (χ0) is 22.4. The third kappa shape index (κ3) is 5.85. The summed E-state index contributed by atoms with van der Waals surface area (Å²) >= 11 is 6.16. The predicted molar refractivity (Wildman–Crippen MR) is 121 cm³/mol. The van der Waals surface area contributed by atoms with E-state index < -0.39 is 11.9 Å². The van der Waals surface area contributed by atoms with Gasteiger partial charge in [-0.05, 0) is 49.4 Å². The maximum Gasteiger partial charge on any atom is 0.243 e. The van der Waals surface area contributed by atoms with Gasteiger partial charge in [-0.3, -0.25) is 9.59 Å². The van der Waals surface area contributed by atoms with Crippen molar-refractivity contribution in [2.45, 2.75) is 71.0 Å². The molecule has 1 aliphatic rings. The molecule has 0 heterocycles. The fraction of sp³-hybridized carbons (Fsp3) is 0.440. The number of rotatable bonds is 8. The van der Waals surface area contributed by atoms with Crippen molar-refractivity contribution in [1.29, 1.82) is 0 Å². The van der Waals surface area contributed by atoms with Gasteiger partial charge in [0.05, 0.1) is 6.42 Å². The summed E-state index contributed by atoms with van der Waals surface area (Å²) in [7, 11) is 0. The van der Waals surface area contributed by atoms with Gasteiger partial charge < -0.3 is 10.2 Å². The molecule has 1 fully saturated rings. The molecule has 2 aromatic rings. The standard InChI is InChI=1S/C25H30ClFN2O2/c1-3-23(25(31)28-19-11-6-7-12-19)29(16-18-10-5-4-9-17(18)2)24(30)15-20-21(26)13-8-14-22(20)27/h4-5,8-10,13-14,19,23H,3,6-7,11-12,15-16H2,1-2H3,(H,28,31). The number of amides is 2. The van der Waals surface area contributed by atoms with Gasteiger partial charge in [0.1, 0.15) is 11.9 Å². The van der Waals surface area contributed by atoms with Crippen molar-refractivity contribution in [2.24, 2.45) is 0 Å². The number of carbonyl (C=O) groups excluding carboxylic acids is 2. The van der Waals surface area contributed by atoms with Gasteiger partial charge in [0.15, 0.2) is 0 Å². The molecular formula is C25H30ClFN2O2. The summed E-state index contributed by atoms with van der Waals surface area (Å²) in [6.45, 7) is 4.16. The minimum absolute atomic E-state index is 0.143. The van der Waals surface area contributed by atoms with Crippen LogP contribution in [0.3, 0.4) is 0 Å². The highest BCUT2D eigenvalue weighted by molar-refractivity contribution is 6.31. The lowest BCUT2D eigenvalue weighted by Crippen LogP contribution is -2.51. The second kappa shape index (κ2) is 10.8. The molecule has 166 valence electrons. The van der Waals surface area contributed by atoms with Crippen molar-refractivity contribution < 1.29 is 14.0 Å². The highest BCUT2D eigenvalue weighted by Gasteiger charge is 2.31. The van der Waals surface area contributed by atoms with E-state index in [9.17, 15) is 14.0 Å². The number of hydrogen-bond donors (Lipinski definition) is 1. The molecule has 0 aliphatic heterocycles.